The number of hydrogen-bond acceptors (Lipinski definition) is 4. The Kier molecular flexibility index (Phi) is 8.58. The van der Waals surface area contributed by atoms with Crippen LogP contribution in [0.3, 0.4) is 0 Å². The van der Waals surface area contributed by atoms with E-state index in [2.05, 4.69) is 41.6 Å². The van der Waals surface area contributed by atoms with Gasteiger partial charge in [-0.2, -0.15) is 0 Å². The van der Waals surface area contributed by atoms with Gasteiger partial charge in [-0.3, -0.25) is 4.79 Å². The fourth-order valence-electron chi connectivity index (χ4n) is 3.00. The number of rotatable bonds is 8. The summed E-state index contributed by atoms with van der Waals surface area (Å²) in [7, 11) is -0.332. The number of sulfonamides is 1. The Bertz CT molecular complexity index is 1010. The predicted molar refractivity (Wildman–Crippen MR) is 123 cm³/mol. The summed E-state index contributed by atoms with van der Waals surface area (Å²) in [5, 5.41) is 11.5. The van der Waals surface area contributed by atoms with E-state index in [1.54, 1.807) is 26.2 Å². The number of nitrogens with zero attached hydrogens (tertiary/aromatic N) is 2. The topological polar surface area (TPSA) is 117 Å². The number of guanidine groups is 1. The lowest BCUT2D eigenvalue weighted by Gasteiger charge is -2.16. The van der Waals surface area contributed by atoms with Crippen LogP contribution in [0.4, 0.5) is 0 Å². The zero-order chi connectivity index (χ0) is 23.0. The predicted octanol–water partition coefficient (Wildman–Crippen LogP) is 1.32. The largest absolute Gasteiger partial charge is 0.356 e. The summed E-state index contributed by atoms with van der Waals surface area (Å²) < 4.78 is 22.8. The molecule has 1 amide bonds. The molecule has 2 aromatic carbocycles. The van der Waals surface area contributed by atoms with Crippen molar-refractivity contribution in [2.75, 3.05) is 27.2 Å². The molecule has 0 spiro atoms. The number of aliphatic imine (C=N–C) groups is 1. The molecule has 8 nitrogen and oxygen atoms in total. The number of aryl methyl sites for hydroxylation is 2. The highest BCUT2D eigenvalue weighted by Gasteiger charge is 2.09. The number of hydrogen-bond donors (Lipinski definition) is 3. The van der Waals surface area contributed by atoms with E-state index >= 15 is 0 Å². The molecule has 0 fully saturated rings. The van der Waals surface area contributed by atoms with Gasteiger partial charge in [-0.05, 0) is 54.7 Å². The van der Waals surface area contributed by atoms with Crippen LogP contribution in [0.15, 0.2) is 52.4 Å². The van der Waals surface area contributed by atoms with Gasteiger partial charge in [-0.1, -0.05) is 30.3 Å². The zero-order valence-electron chi connectivity index (χ0n) is 18.5. The molecule has 0 aromatic heterocycles. The van der Waals surface area contributed by atoms with Crippen molar-refractivity contribution in [3.05, 3.63) is 64.7 Å². The van der Waals surface area contributed by atoms with Gasteiger partial charge >= 0.3 is 0 Å². The Morgan fingerprint density at radius 3 is 2.19 bits per heavy atom. The van der Waals surface area contributed by atoms with Gasteiger partial charge in [0.1, 0.15) is 0 Å². The van der Waals surface area contributed by atoms with Crippen LogP contribution in [0.1, 0.15) is 22.3 Å². The third kappa shape index (κ3) is 7.69. The number of benzene rings is 2. The molecule has 0 radical (unpaired) electrons. The highest BCUT2D eigenvalue weighted by Crippen LogP contribution is 2.13. The Morgan fingerprint density at radius 1 is 1.03 bits per heavy atom. The highest BCUT2D eigenvalue weighted by molar-refractivity contribution is 7.89. The standard InChI is InChI=1S/C22H31N5O3S/c1-16-6-5-7-17(2)20(16)12-13-24-22(26-15-21(28)27(3)4)25-14-18-8-10-19(11-9-18)31(23,29)30/h5-11H,12-15H2,1-4H3,(H2,23,29,30)(H2,24,25,26). The van der Waals surface area contributed by atoms with Crippen molar-refractivity contribution in [3.8, 4) is 0 Å². The van der Waals surface area contributed by atoms with Gasteiger partial charge in [-0.15, -0.1) is 0 Å². The number of primary sulfonamides is 1. The summed E-state index contributed by atoms with van der Waals surface area (Å²) in [6.45, 7) is 5.28. The maximum Gasteiger partial charge on any atom is 0.241 e. The summed E-state index contributed by atoms with van der Waals surface area (Å²) in [5.41, 5.74) is 4.59. The van der Waals surface area contributed by atoms with Crippen LogP contribution in [0.25, 0.3) is 0 Å². The quantitative estimate of drug-likeness (QED) is 0.418. The van der Waals surface area contributed by atoms with Gasteiger partial charge in [0.25, 0.3) is 0 Å². The minimum Gasteiger partial charge on any atom is -0.356 e. The first-order chi connectivity index (χ1) is 14.6. The second-order valence-electron chi connectivity index (χ2n) is 7.54. The fraction of sp³-hybridized carbons (Fsp3) is 0.364. The molecule has 2 rings (SSSR count). The number of likely N-dealkylation sites (N-methyl/N-ethyl adjacent to an activating group) is 1. The Labute approximate surface area is 184 Å². The number of nitrogens with one attached hydrogen (secondary N) is 2. The molecule has 168 valence electrons. The lowest BCUT2D eigenvalue weighted by Crippen LogP contribution is -2.43. The molecule has 0 saturated carbocycles. The molecule has 31 heavy (non-hydrogen) atoms. The van der Waals surface area contributed by atoms with E-state index in [0.29, 0.717) is 19.0 Å². The van der Waals surface area contributed by atoms with Crippen molar-refractivity contribution in [1.29, 1.82) is 0 Å². The number of nitrogens with two attached hydrogens (primary N) is 1. The van der Waals surface area contributed by atoms with Gasteiger partial charge in [0, 0.05) is 20.6 Å². The summed E-state index contributed by atoms with van der Waals surface area (Å²) in [6, 6.07) is 12.5. The van der Waals surface area contributed by atoms with Crippen molar-refractivity contribution in [3.63, 3.8) is 0 Å². The average molecular weight is 446 g/mol. The first-order valence-electron chi connectivity index (χ1n) is 9.97. The van der Waals surface area contributed by atoms with Crippen molar-refractivity contribution < 1.29 is 13.2 Å². The molecular weight excluding hydrogens is 414 g/mol. The molecule has 4 N–H and O–H groups in total. The Morgan fingerprint density at radius 2 is 1.65 bits per heavy atom. The van der Waals surface area contributed by atoms with Crippen molar-refractivity contribution in [1.82, 2.24) is 15.5 Å². The summed E-state index contributed by atoms with van der Waals surface area (Å²) in [5.74, 6) is 0.443. The molecule has 0 aliphatic heterocycles. The van der Waals surface area contributed by atoms with Gasteiger partial charge in [0.2, 0.25) is 15.9 Å². The molecule has 0 saturated heterocycles. The third-order valence-corrected chi connectivity index (χ3v) is 5.82. The zero-order valence-corrected chi connectivity index (χ0v) is 19.3. The van der Waals surface area contributed by atoms with E-state index in [9.17, 15) is 13.2 Å². The van der Waals surface area contributed by atoms with Crippen LogP contribution in [-0.4, -0.2) is 52.4 Å². The molecule has 0 aliphatic carbocycles. The average Bonchev–Trinajstić information content (AvgIpc) is 2.70. The number of carbonyl (C=O) groups is 1. The third-order valence-electron chi connectivity index (χ3n) is 4.89. The smallest absolute Gasteiger partial charge is 0.241 e. The second kappa shape index (κ2) is 10.9. The van der Waals surface area contributed by atoms with Gasteiger partial charge in [0.05, 0.1) is 18.0 Å². The Balaban J connectivity index is 2.07. The maximum absolute atomic E-state index is 11.9. The van der Waals surface area contributed by atoms with Gasteiger partial charge < -0.3 is 15.5 Å². The van der Waals surface area contributed by atoms with E-state index in [1.807, 2.05) is 6.07 Å². The SMILES string of the molecule is Cc1cccc(C)c1CCNC(=NCc1ccc(S(N)(=O)=O)cc1)NCC(=O)N(C)C. The molecule has 0 heterocycles. The van der Waals surface area contributed by atoms with Crippen molar-refractivity contribution in [2.24, 2.45) is 10.1 Å². The molecular formula is C22H31N5O3S. The van der Waals surface area contributed by atoms with Gasteiger partial charge in [-0.25, -0.2) is 18.5 Å². The lowest BCUT2D eigenvalue weighted by atomic mass is 10.0. The van der Waals surface area contributed by atoms with Gasteiger partial charge in [0.15, 0.2) is 5.96 Å². The normalized spacial score (nSPS) is 11.8. The second-order valence-corrected chi connectivity index (χ2v) is 9.10. The fourth-order valence-corrected chi connectivity index (χ4v) is 3.51. The highest BCUT2D eigenvalue weighted by atomic mass is 32.2. The van der Waals surface area contributed by atoms with Crippen molar-refractivity contribution in [2.45, 2.75) is 31.7 Å². The van der Waals surface area contributed by atoms with Crippen molar-refractivity contribution >= 4 is 21.9 Å². The minimum atomic E-state index is -3.73. The molecule has 0 bridgehead atoms. The van der Waals surface area contributed by atoms with Crippen LogP contribution in [0.2, 0.25) is 0 Å². The summed E-state index contributed by atoms with van der Waals surface area (Å²) in [4.78, 5) is 18.1. The molecule has 0 atom stereocenters. The first-order valence-corrected chi connectivity index (χ1v) is 11.5. The van der Waals surface area contributed by atoms with Crippen LogP contribution in [0, 0.1) is 13.8 Å². The van der Waals surface area contributed by atoms with E-state index in [4.69, 9.17) is 5.14 Å². The molecule has 0 unspecified atom stereocenters. The van der Waals surface area contributed by atoms with E-state index < -0.39 is 10.0 Å². The van der Waals surface area contributed by atoms with E-state index in [-0.39, 0.29) is 17.3 Å². The summed E-state index contributed by atoms with van der Waals surface area (Å²) >= 11 is 0. The van der Waals surface area contributed by atoms with Crippen LogP contribution < -0.4 is 15.8 Å². The first kappa shape index (κ1) is 24.4. The van der Waals surface area contributed by atoms with Crippen LogP contribution in [-0.2, 0) is 27.8 Å². The molecule has 9 heteroatoms. The van der Waals surface area contributed by atoms with Crippen LogP contribution >= 0.6 is 0 Å². The van der Waals surface area contributed by atoms with Crippen LogP contribution in [0.5, 0.6) is 0 Å². The minimum absolute atomic E-state index is 0.0573. The monoisotopic (exact) mass is 445 g/mol. The van der Waals surface area contributed by atoms with E-state index in [0.717, 1.165) is 12.0 Å². The number of carbonyl (C=O) groups excluding carboxylic acids is 1. The number of amides is 1. The molecule has 2 aromatic rings. The molecule has 0 aliphatic rings. The van der Waals surface area contributed by atoms with E-state index in [1.165, 1.54) is 33.7 Å². The lowest BCUT2D eigenvalue weighted by molar-refractivity contribution is -0.127. The maximum atomic E-state index is 11.9. The summed E-state index contributed by atoms with van der Waals surface area (Å²) in [6.07, 6.45) is 0.823. The Hall–Kier alpha value is -2.91.